The van der Waals surface area contributed by atoms with Crippen LogP contribution >= 0.6 is 31.9 Å². The molecule has 3 rings (SSSR count). The third-order valence-electron chi connectivity index (χ3n) is 2.86. The van der Waals surface area contributed by atoms with Gasteiger partial charge in [0, 0.05) is 16.1 Å². The van der Waals surface area contributed by atoms with Crippen molar-refractivity contribution < 1.29 is 0 Å². The lowest BCUT2D eigenvalue weighted by atomic mass is 10.2. The molecule has 0 spiro atoms. The van der Waals surface area contributed by atoms with Crippen LogP contribution in [0.1, 0.15) is 0 Å². The normalized spacial score (nSPS) is 10.6. The smallest absolute Gasteiger partial charge is 0.159 e. The average molecular weight is 410 g/mol. The number of para-hydroxylation sites is 1. The van der Waals surface area contributed by atoms with E-state index >= 15 is 0 Å². The molecule has 0 aliphatic carbocycles. The number of pyridine rings is 1. The van der Waals surface area contributed by atoms with Gasteiger partial charge < -0.3 is 10.7 Å². The van der Waals surface area contributed by atoms with Crippen molar-refractivity contribution in [2.24, 2.45) is 5.84 Å². The molecule has 2 aromatic heterocycles. The molecule has 0 bridgehead atoms. The van der Waals surface area contributed by atoms with Crippen molar-refractivity contribution in [3.05, 3.63) is 45.7 Å². The lowest BCUT2D eigenvalue weighted by Gasteiger charge is -2.11. The van der Waals surface area contributed by atoms with Crippen LogP contribution in [0.5, 0.6) is 0 Å². The molecular weight excluding hydrogens is 400 g/mol. The summed E-state index contributed by atoms with van der Waals surface area (Å²) in [5, 5.41) is 4.26. The summed E-state index contributed by atoms with van der Waals surface area (Å²) in [5.74, 6) is 6.51. The standard InChI is InChI=1S/C13H10Br2N6/c14-8-4-7-2-1-3-9(11(7)17-5-8)20-12-10(15)13(21-16)19-6-18-12/h1-6H,16H2,(H2,18,19,20,21). The first-order valence-electron chi connectivity index (χ1n) is 5.97. The van der Waals surface area contributed by atoms with Gasteiger partial charge in [-0.2, -0.15) is 0 Å². The molecular formula is C13H10Br2N6. The quantitative estimate of drug-likeness (QED) is 0.452. The minimum absolute atomic E-state index is 0.503. The number of hydrazine groups is 1. The number of hydrogen-bond acceptors (Lipinski definition) is 6. The predicted molar refractivity (Wildman–Crippen MR) is 90.3 cm³/mol. The minimum Gasteiger partial charge on any atom is -0.337 e. The third kappa shape index (κ3) is 2.82. The highest BCUT2D eigenvalue weighted by molar-refractivity contribution is 9.11. The van der Waals surface area contributed by atoms with Gasteiger partial charge in [-0.15, -0.1) is 0 Å². The fourth-order valence-corrected chi connectivity index (χ4v) is 2.69. The molecule has 4 N–H and O–H groups in total. The zero-order chi connectivity index (χ0) is 14.8. The Morgan fingerprint density at radius 1 is 1.05 bits per heavy atom. The van der Waals surface area contributed by atoms with Crippen molar-refractivity contribution in [3.8, 4) is 0 Å². The van der Waals surface area contributed by atoms with Crippen LogP contribution in [0, 0.1) is 0 Å². The van der Waals surface area contributed by atoms with E-state index in [4.69, 9.17) is 5.84 Å². The molecule has 8 heteroatoms. The number of fused-ring (bicyclic) bond motifs is 1. The number of nitrogens with two attached hydrogens (primary N) is 1. The maximum atomic E-state index is 5.40. The van der Waals surface area contributed by atoms with Crippen molar-refractivity contribution in [3.63, 3.8) is 0 Å². The molecule has 0 aliphatic rings. The van der Waals surface area contributed by atoms with Crippen LogP contribution in [0.4, 0.5) is 17.3 Å². The minimum atomic E-state index is 0.503. The van der Waals surface area contributed by atoms with Gasteiger partial charge >= 0.3 is 0 Å². The number of rotatable bonds is 3. The maximum absolute atomic E-state index is 5.40. The highest BCUT2D eigenvalue weighted by Gasteiger charge is 2.10. The Morgan fingerprint density at radius 2 is 1.86 bits per heavy atom. The van der Waals surface area contributed by atoms with E-state index in [2.05, 4.69) is 57.6 Å². The second-order valence-corrected chi connectivity index (χ2v) is 5.89. The summed E-state index contributed by atoms with van der Waals surface area (Å²) in [6, 6.07) is 7.90. The molecule has 106 valence electrons. The summed E-state index contributed by atoms with van der Waals surface area (Å²) >= 11 is 6.84. The van der Waals surface area contributed by atoms with Gasteiger partial charge in [0.25, 0.3) is 0 Å². The average Bonchev–Trinajstić information content (AvgIpc) is 2.49. The summed E-state index contributed by atoms with van der Waals surface area (Å²) in [4.78, 5) is 12.7. The number of nitrogens with zero attached hydrogens (tertiary/aromatic N) is 3. The number of nitrogen functional groups attached to an aromatic ring is 1. The van der Waals surface area contributed by atoms with Gasteiger partial charge in [0.2, 0.25) is 0 Å². The number of nitrogens with one attached hydrogen (secondary N) is 2. The predicted octanol–water partition coefficient (Wildman–Crippen LogP) is 3.58. The highest BCUT2D eigenvalue weighted by atomic mass is 79.9. The van der Waals surface area contributed by atoms with E-state index in [9.17, 15) is 0 Å². The Bertz CT molecular complexity index is 808. The van der Waals surface area contributed by atoms with E-state index in [-0.39, 0.29) is 0 Å². The van der Waals surface area contributed by atoms with Gasteiger partial charge in [0.1, 0.15) is 16.6 Å². The Balaban J connectivity index is 2.06. The van der Waals surface area contributed by atoms with Crippen LogP contribution in [0.25, 0.3) is 10.9 Å². The summed E-state index contributed by atoms with van der Waals surface area (Å²) in [6.07, 6.45) is 3.19. The fourth-order valence-electron chi connectivity index (χ4n) is 1.92. The molecule has 0 atom stereocenters. The van der Waals surface area contributed by atoms with Gasteiger partial charge in [0.15, 0.2) is 5.82 Å². The second kappa shape index (κ2) is 5.92. The van der Waals surface area contributed by atoms with Crippen molar-refractivity contribution in [1.29, 1.82) is 0 Å². The zero-order valence-electron chi connectivity index (χ0n) is 10.6. The van der Waals surface area contributed by atoms with Crippen molar-refractivity contribution in [2.45, 2.75) is 0 Å². The summed E-state index contributed by atoms with van der Waals surface area (Å²) in [7, 11) is 0. The first-order valence-corrected chi connectivity index (χ1v) is 7.56. The highest BCUT2D eigenvalue weighted by Crippen LogP contribution is 2.31. The molecule has 0 saturated carbocycles. The van der Waals surface area contributed by atoms with Gasteiger partial charge in [-0.3, -0.25) is 4.98 Å². The van der Waals surface area contributed by atoms with E-state index in [1.165, 1.54) is 6.33 Å². The fraction of sp³-hybridized carbons (Fsp3) is 0. The lowest BCUT2D eigenvalue weighted by Crippen LogP contribution is -2.10. The van der Waals surface area contributed by atoms with E-state index in [1.807, 2.05) is 24.3 Å². The van der Waals surface area contributed by atoms with Crippen LogP contribution in [0.15, 0.2) is 45.7 Å². The number of benzene rings is 1. The summed E-state index contributed by atoms with van der Waals surface area (Å²) in [6.45, 7) is 0. The molecule has 0 radical (unpaired) electrons. The zero-order valence-corrected chi connectivity index (χ0v) is 13.8. The Morgan fingerprint density at radius 3 is 2.67 bits per heavy atom. The largest absolute Gasteiger partial charge is 0.337 e. The van der Waals surface area contributed by atoms with Crippen LogP contribution in [0.3, 0.4) is 0 Å². The molecule has 0 saturated heterocycles. The third-order valence-corrected chi connectivity index (χ3v) is 4.04. The molecule has 0 unspecified atom stereocenters. The van der Waals surface area contributed by atoms with E-state index in [0.29, 0.717) is 16.1 Å². The number of anilines is 3. The number of aromatic nitrogens is 3. The summed E-state index contributed by atoms with van der Waals surface area (Å²) in [5.41, 5.74) is 4.21. The molecule has 0 aliphatic heterocycles. The van der Waals surface area contributed by atoms with Gasteiger partial charge in [-0.25, -0.2) is 15.8 Å². The number of hydrogen-bond donors (Lipinski definition) is 3. The molecule has 6 nitrogen and oxygen atoms in total. The van der Waals surface area contributed by atoms with E-state index < -0.39 is 0 Å². The molecule has 1 aromatic carbocycles. The first kappa shape index (κ1) is 14.2. The lowest BCUT2D eigenvalue weighted by molar-refractivity contribution is 1.12. The SMILES string of the molecule is NNc1ncnc(Nc2cccc3cc(Br)cnc23)c1Br. The van der Waals surface area contributed by atoms with Gasteiger partial charge in [-0.05, 0) is 44.0 Å². The number of halogens is 2. The molecule has 0 fully saturated rings. The first-order chi connectivity index (χ1) is 10.2. The van der Waals surface area contributed by atoms with Gasteiger partial charge in [-0.1, -0.05) is 12.1 Å². The topological polar surface area (TPSA) is 88.8 Å². The van der Waals surface area contributed by atoms with Gasteiger partial charge in [0.05, 0.1) is 11.2 Å². The van der Waals surface area contributed by atoms with Crippen molar-refractivity contribution in [1.82, 2.24) is 15.0 Å². The monoisotopic (exact) mass is 408 g/mol. The Kier molecular flexibility index (Phi) is 4.00. The van der Waals surface area contributed by atoms with Crippen LogP contribution < -0.4 is 16.6 Å². The van der Waals surface area contributed by atoms with E-state index in [0.717, 1.165) is 21.1 Å². The second-order valence-electron chi connectivity index (χ2n) is 4.19. The molecule has 3 aromatic rings. The van der Waals surface area contributed by atoms with E-state index in [1.54, 1.807) is 6.20 Å². The Labute approximate surface area is 137 Å². The van der Waals surface area contributed by atoms with Crippen LogP contribution in [-0.2, 0) is 0 Å². The molecule has 0 amide bonds. The van der Waals surface area contributed by atoms with Crippen LogP contribution in [0.2, 0.25) is 0 Å². The maximum Gasteiger partial charge on any atom is 0.159 e. The molecule has 21 heavy (non-hydrogen) atoms. The van der Waals surface area contributed by atoms with Crippen molar-refractivity contribution >= 4 is 60.1 Å². The van der Waals surface area contributed by atoms with Crippen LogP contribution in [-0.4, -0.2) is 15.0 Å². The Hall–Kier alpha value is -1.77. The molecule has 2 heterocycles. The summed E-state index contributed by atoms with van der Waals surface area (Å²) < 4.78 is 1.59. The van der Waals surface area contributed by atoms with Crippen molar-refractivity contribution in [2.75, 3.05) is 10.7 Å².